The summed E-state index contributed by atoms with van der Waals surface area (Å²) in [7, 11) is 0. The second kappa shape index (κ2) is 5.92. The van der Waals surface area contributed by atoms with E-state index in [1.165, 1.54) is 4.90 Å². The van der Waals surface area contributed by atoms with Crippen LogP contribution in [0.2, 0.25) is 0 Å². The molecule has 1 aliphatic rings. The zero-order valence-corrected chi connectivity index (χ0v) is 13.0. The predicted octanol–water partition coefficient (Wildman–Crippen LogP) is 2.36. The third-order valence-electron chi connectivity index (χ3n) is 4.02. The van der Waals surface area contributed by atoms with Crippen molar-refractivity contribution in [3.63, 3.8) is 0 Å². The van der Waals surface area contributed by atoms with Crippen molar-refractivity contribution in [3.8, 4) is 0 Å². The van der Waals surface area contributed by atoms with Crippen molar-refractivity contribution >= 4 is 6.09 Å². The van der Waals surface area contributed by atoms with Crippen LogP contribution in [0.3, 0.4) is 0 Å². The number of rotatable bonds is 5. The van der Waals surface area contributed by atoms with Gasteiger partial charge in [0, 0.05) is 24.2 Å². The Bertz CT molecular complexity index is 686. The molecule has 7 heteroatoms. The molecule has 0 aromatic carbocycles. The van der Waals surface area contributed by atoms with Crippen molar-refractivity contribution in [1.82, 2.24) is 19.9 Å². The molecule has 0 spiro atoms. The van der Waals surface area contributed by atoms with Gasteiger partial charge in [0.1, 0.15) is 5.60 Å². The van der Waals surface area contributed by atoms with E-state index in [4.69, 9.17) is 4.74 Å². The van der Waals surface area contributed by atoms with Crippen LogP contribution >= 0.6 is 0 Å². The number of amides is 1. The summed E-state index contributed by atoms with van der Waals surface area (Å²) in [5, 5.41) is 9.48. The summed E-state index contributed by atoms with van der Waals surface area (Å²) in [6.45, 7) is 4.63. The van der Waals surface area contributed by atoms with Gasteiger partial charge in [0.25, 0.3) is 0 Å². The fraction of sp³-hybridized carbons (Fsp3) is 0.375. The molecule has 1 fully saturated rings. The van der Waals surface area contributed by atoms with Crippen LogP contribution in [0.1, 0.15) is 37.0 Å². The lowest BCUT2D eigenvalue weighted by molar-refractivity contribution is 0.121. The second-order valence-corrected chi connectivity index (χ2v) is 5.75. The second-order valence-electron chi connectivity index (χ2n) is 5.75. The van der Waals surface area contributed by atoms with Gasteiger partial charge in [-0.25, -0.2) is 14.8 Å². The van der Waals surface area contributed by atoms with E-state index in [1.54, 1.807) is 31.6 Å². The van der Waals surface area contributed by atoms with Gasteiger partial charge < -0.3 is 9.84 Å². The highest BCUT2D eigenvalue weighted by Gasteiger charge is 2.41. The van der Waals surface area contributed by atoms with E-state index >= 15 is 0 Å². The first-order chi connectivity index (χ1) is 11.0. The van der Waals surface area contributed by atoms with E-state index in [1.807, 2.05) is 19.1 Å². The molecule has 1 N–H and O–H groups in total. The van der Waals surface area contributed by atoms with Crippen molar-refractivity contribution in [3.05, 3.63) is 53.9 Å². The molecule has 2 aromatic heterocycles. The number of pyridine rings is 1. The quantitative estimate of drug-likeness (QED) is 0.852. The lowest BCUT2D eigenvalue weighted by Gasteiger charge is -2.25. The van der Waals surface area contributed by atoms with Crippen LogP contribution < -0.4 is 0 Å². The summed E-state index contributed by atoms with van der Waals surface area (Å²) in [5.41, 5.74) is 1.44. The van der Waals surface area contributed by atoms with E-state index < -0.39 is 12.1 Å². The molecule has 3 heterocycles. The van der Waals surface area contributed by atoms with Crippen LogP contribution in [0.15, 0.2) is 36.8 Å². The van der Waals surface area contributed by atoms with Gasteiger partial charge in [-0.3, -0.25) is 9.88 Å². The molecule has 1 amide bonds. The maximum absolute atomic E-state index is 11.6. The Kier molecular flexibility index (Phi) is 3.96. The normalized spacial score (nSPS) is 20.8. The van der Waals surface area contributed by atoms with Gasteiger partial charge in [-0.1, -0.05) is 6.07 Å². The van der Waals surface area contributed by atoms with Crippen molar-refractivity contribution in [2.45, 2.75) is 32.0 Å². The lowest BCUT2D eigenvalue weighted by Crippen LogP contribution is -2.33. The molecular formula is C16H18N4O3. The summed E-state index contributed by atoms with van der Waals surface area (Å²) in [6, 6.07) is 5.00. The number of nitrogens with zero attached hydrogens (tertiary/aromatic N) is 4. The molecule has 0 radical (unpaired) electrons. The number of hydrogen-bond acceptors (Lipinski definition) is 5. The fourth-order valence-corrected chi connectivity index (χ4v) is 2.32. The molecule has 0 aliphatic carbocycles. The molecule has 0 saturated carbocycles. The van der Waals surface area contributed by atoms with Crippen LogP contribution in [0, 0.1) is 0 Å². The third-order valence-corrected chi connectivity index (χ3v) is 4.02. The number of ether oxygens (including phenoxy) is 1. The van der Waals surface area contributed by atoms with E-state index in [2.05, 4.69) is 15.0 Å². The molecular weight excluding hydrogens is 296 g/mol. The van der Waals surface area contributed by atoms with E-state index in [9.17, 15) is 9.90 Å². The number of aromatic nitrogens is 3. The summed E-state index contributed by atoms with van der Waals surface area (Å²) >= 11 is 0. The van der Waals surface area contributed by atoms with Crippen LogP contribution in [0.4, 0.5) is 4.79 Å². The Labute approximate surface area is 134 Å². The average Bonchev–Trinajstić information content (AvgIpc) is 3.32. The number of hydrogen-bond donors (Lipinski definition) is 1. The molecule has 1 aliphatic heterocycles. The maximum Gasteiger partial charge on any atom is 0.408 e. The first-order valence-corrected chi connectivity index (χ1v) is 7.35. The standard InChI is InChI=1S/C16H18N4O3/c1-11(14-17-6-3-7-18-14)20(15(21)22)9-13-5-4-12(8-19-13)16(2)10-23-16/h3-8,11H,9-10H2,1-2H3,(H,21,22)/t11-,16?/m1/s1. The van der Waals surface area contributed by atoms with Crippen LogP contribution in [-0.4, -0.2) is 37.7 Å². The van der Waals surface area contributed by atoms with Gasteiger partial charge in [0.15, 0.2) is 5.82 Å². The minimum Gasteiger partial charge on any atom is -0.465 e. The zero-order valence-electron chi connectivity index (χ0n) is 13.0. The number of epoxide rings is 1. The Morgan fingerprint density at radius 1 is 1.39 bits per heavy atom. The van der Waals surface area contributed by atoms with Gasteiger partial charge in [0.05, 0.1) is 24.9 Å². The molecule has 2 atom stereocenters. The topological polar surface area (TPSA) is 91.7 Å². The number of carboxylic acid groups (broad SMARTS) is 1. The van der Waals surface area contributed by atoms with Crippen LogP contribution in [0.5, 0.6) is 0 Å². The Morgan fingerprint density at radius 3 is 2.61 bits per heavy atom. The van der Waals surface area contributed by atoms with Crippen molar-refractivity contribution < 1.29 is 14.6 Å². The summed E-state index contributed by atoms with van der Waals surface area (Å²) in [5.74, 6) is 0.463. The van der Waals surface area contributed by atoms with E-state index in [0.717, 1.165) is 5.56 Å². The molecule has 3 rings (SSSR count). The molecule has 0 bridgehead atoms. The Balaban J connectivity index is 1.76. The maximum atomic E-state index is 11.6. The predicted molar refractivity (Wildman–Crippen MR) is 81.6 cm³/mol. The molecule has 1 unspecified atom stereocenters. The average molecular weight is 314 g/mol. The summed E-state index contributed by atoms with van der Waals surface area (Å²) < 4.78 is 5.38. The molecule has 7 nitrogen and oxygen atoms in total. The molecule has 2 aromatic rings. The van der Waals surface area contributed by atoms with Gasteiger partial charge in [-0.15, -0.1) is 0 Å². The highest BCUT2D eigenvalue weighted by molar-refractivity contribution is 5.65. The molecule has 1 saturated heterocycles. The highest BCUT2D eigenvalue weighted by atomic mass is 16.6. The van der Waals surface area contributed by atoms with Gasteiger partial charge in [0.2, 0.25) is 0 Å². The van der Waals surface area contributed by atoms with Gasteiger partial charge in [-0.2, -0.15) is 0 Å². The molecule has 120 valence electrons. The van der Waals surface area contributed by atoms with Crippen LogP contribution in [0.25, 0.3) is 0 Å². The smallest absolute Gasteiger partial charge is 0.408 e. The Morgan fingerprint density at radius 2 is 2.09 bits per heavy atom. The zero-order chi connectivity index (χ0) is 16.4. The van der Waals surface area contributed by atoms with Crippen molar-refractivity contribution in [2.24, 2.45) is 0 Å². The monoisotopic (exact) mass is 314 g/mol. The minimum atomic E-state index is -1.03. The first kappa shape index (κ1) is 15.4. The molecule has 23 heavy (non-hydrogen) atoms. The minimum absolute atomic E-state index is 0.173. The Hall–Kier alpha value is -2.54. The SMILES string of the molecule is C[C@H](c1ncccn1)N(Cc1ccc(C2(C)CO2)cn1)C(=O)O. The van der Waals surface area contributed by atoms with E-state index in [0.29, 0.717) is 18.1 Å². The van der Waals surface area contributed by atoms with Crippen molar-refractivity contribution in [1.29, 1.82) is 0 Å². The lowest BCUT2D eigenvalue weighted by atomic mass is 10.0. The first-order valence-electron chi connectivity index (χ1n) is 7.35. The van der Waals surface area contributed by atoms with Crippen molar-refractivity contribution in [2.75, 3.05) is 6.61 Å². The largest absolute Gasteiger partial charge is 0.465 e. The number of carbonyl (C=O) groups is 1. The fourth-order valence-electron chi connectivity index (χ4n) is 2.32. The summed E-state index contributed by atoms with van der Waals surface area (Å²) in [4.78, 5) is 25.5. The third kappa shape index (κ3) is 3.29. The van der Waals surface area contributed by atoms with Crippen LogP contribution in [-0.2, 0) is 16.9 Å². The summed E-state index contributed by atoms with van der Waals surface area (Å²) in [6.07, 6.45) is 3.91. The van der Waals surface area contributed by atoms with E-state index in [-0.39, 0.29) is 12.1 Å². The van der Waals surface area contributed by atoms with Gasteiger partial charge in [-0.05, 0) is 26.0 Å². The highest BCUT2D eigenvalue weighted by Crippen LogP contribution is 2.37. The van der Waals surface area contributed by atoms with Gasteiger partial charge >= 0.3 is 6.09 Å².